The molecule has 22 heavy (non-hydrogen) atoms. The summed E-state index contributed by atoms with van der Waals surface area (Å²) < 4.78 is 5.74. The quantitative estimate of drug-likeness (QED) is 0.246. The third-order valence-electron chi connectivity index (χ3n) is 4.04. The molecular formula is C21H40O. The van der Waals surface area contributed by atoms with Gasteiger partial charge < -0.3 is 4.74 Å². The van der Waals surface area contributed by atoms with Crippen molar-refractivity contribution in [2.75, 3.05) is 6.61 Å². The van der Waals surface area contributed by atoms with Crippen LogP contribution >= 0.6 is 0 Å². The maximum atomic E-state index is 5.74. The molecule has 0 rings (SSSR count). The summed E-state index contributed by atoms with van der Waals surface area (Å²) in [7, 11) is 0. The van der Waals surface area contributed by atoms with Crippen molar-refractivity contribution >= 4 is 0 Å². The van der Waals surface area contributed by atoms with Crippen LogP contribution in [0.1, 0.15) is 98.3 Å². The minimum Gasteiger partial charge on any atom is -0.376 e. The van der Waals surface area contributed by atoms with Crippen molar-refractivity contribution in [1.82, 2.24) is 0 Å². The lowest BCUT2D eigenvalue weighted by molar-refractivity contribution is -0.00475. The SMILES string of the molecule is C=C=CC(CCCC)CCCCCCCCCOC(C)(C)C. The summed E-state index contributed by atoms with van der Waals surface area (Å²) in [5, 5.41) is 0. The molecule has 1 nitrogen and oxygen atoms in total. The average molecular weight is 309 g/mol. The van der Waals surface area contributed by atoms with E-state index in [9.17, 15) is 0 Å². The van der Waals surface area contributed by atoms with E-state index in [1.165, 1.54) is 70.6 Å². The molecule has 130 valence electrons. The van der Waals surface area contributed by atoms with Crippen LogP contribution in [0.4, 0.5) is 0 Å². The van der Waals surface area contributed by atoms with E-state index in [0.29, 0.717) is 5.92 Å². The monoisotopic (exact) mass is 308 g/mol. The smallest absolute Gasteiger partial charge is 0.0598 e. The van der Waals surface area contributed by atoms with Crippen molar-refractivity contribution in [1.29, 1.82) is 0 Å². The van der Waals surface area contributed by atoms with Crippen LogP contribution in [-0.2, 0) is 4.74 Å². The average Bonchev–Trinajstić information content (AvgIpc) is 2.45. The second-order valence-electron chi connectivity index (χ2n) is 7.50. The Hall–Kier alpha value is -0.520. The summed E-state index contributed by atoms with van der Waals surface area (Å²) in [6.45, 7) is 13.3. The zero-order valence-corrected chi connectivity index (χ0v) is 15.8. The highest BCUT2D eigenvalue weighted by Gasteiger charge is 2.08. The summed E-state index contributed by atoms with van der Waals surface area (Å²) in [5.74, 6) is 0.715. The predicted octanol–water partition coefficient (Wildman–Crippen LogP) is 7.07. The van der Waals surface area contributed by atoms with E-state index < -0.39 is 0 Å². The van der Waals surface area contributed by atoms with Gasteiger partial charge in [-0.1, -0.05) is 64.9 Å². The minimum absolute atomic E-state index is 0.0220. The van der Waals surface area contributed by atoms with Gasteiger partial charge in [0.05, 0.1) is 5.60 Å². The minimum atomic E-state index is 0.0220. The molecule has 0 aliphatic heterocycles. The van der Waals surface area contributed by atoms with Gasteiger partial charge in [-0.15, -0.1) is 5.73 Å². The highest BCUT2D eigenvalue weighted by molar-refractivity contribution is 4.84. The Morgan fingerprint density at radius 3 is 2.00 bits per heavy atom. The molecule has 0 heterocycles. The molecule has 0 spiro atoms. The Morgan fingerprint density at radius 2 is 1.45 bits per heavy atom. The van der Waals surface area contributed by atoms with Crippen LogP contribution in [0.15, 0.2) is 18.4 Å². The molecule has 0 radical (unpaired) electrons. The van der Waals surface area contributed by atoms with Crippen molar-refractivity contribution in [3.63, 3.8) is 0 Å². The van der Waals surface area contributed by atoms with Crippen molar-refractivity contribution in [2.45, 2.75) is 104 Å². The predicted molar refractivity (Wildman–Crippen MR) is 99.4 cm³/mol. The first-order valence-electron chi connectivity index (χ1n) is 9.49. The van der Waals surface area contributed by atoms with Gasteiger partial charge in [0.2, 0.25) is 0 Å². The van der Waals surface area contributed by atoms with E-state index >= 15 is 0 Å². The van der Waals surface area contributed by atoms with Crippen molar-refractivity contribution in [3.05, 3.63) is 18.4 Å². The van der Waals surface area contributed by atoms with Crippen molar-refractivity contribution in [3.8, 4) is 0 Å². The molecule has 0 fully saturated rings. The largest absolute Gasteiger partial charge is 0.376 e. The summed E-state index contributed by atoms with van der Waals surface area (Å²) in [6.07, 6.45) is 16.8. The fourth-order valence-electron chi connectivity index (χ4n) is 2.71. The van der Waals surface area contributed by atoms with Crippen LogP contribution in [0.3, 0.4) is 0 Å². The van der Waals surface area contributed by atoms with Gasteiger partial charge in [0.25, 0.3) is 0 Å². The highest BCUT2D eigenvalue weighted by Crippen LogP contribution is 2.19. The van der Waals surface area contributed by atoms with Gasteiger partial charge in [0.15, 0.2) is 0 Å². The van der Waals surface area contributed by atoms with Gasteiger partial charge in [-0.2, -0.15) is 0 Å². The Kier molecular flexibility index (Phi) is 13.8. The van der Waals surface area contributed by atoms with Crippen LogP contribution in [0.25, 0.3) is 0 Å². The fourth-order valence-corrected chi connectivity index (χ4v) is 2.71. The van der Waals surface area contributed by atoms with Gasteiger partial charge in [-0.3, -0.25) is 0 Å². The first kappa shape index (κ1) is 21.5. The first-order valence-corrected chi connectivity index (χ1v) is 9.49. The zero-order valence-electron chi connectivity index (χ0n) is 15.8. The summed E-state index contributed by atoms with van der Waals surface area (Å²) in [6, 6.07) is 0. The van der Waals surface area contributed by atoms with Crippen LogP contribution in [-0.4, -0.2) is 12.2 Å². The second-order valence-corrected chi connectivity index (χ2v) is 7.50. The van der Waals surface area contributed by atoms with Gasteiger partial charge in [-0.05, 0) is 52.0 Å². The number of allylic oxidation sites excluding steroid dienone is 1. The molecule has 0 aliphatic rings. The van der Waals surface area contributed by atoms with Crippen LogP contribution in [0, 0.1) is 5.92 Å². The molecule has 0 aliphatic carbocycles. The molecular weight excluding hydrogens is 268 g/mol. The molecule has 1 atom stereocenters. The number of unbranched alkanes of at least 4 members (excludes halogenated alkanes) is 7. The highest BCUT2D eigenvalue weighted by atomic mass is 16.5. The Balaban J connectivity index is 3.39. The van der Waals surface area contributed by atoms with E-state index in [1.54, 1.807) is 0 Å². The molecule has 0 saturated heterocycles. The summed E-state index contributed by atoms with van der Waals surface area (Å²) in [5.41, 5.74) is 3.00. The molecule has 0 amide bonds. The third kappa shape index (κ3) is 15.9. The number of hydrogen-bond acceptors (Lipinski definition) is 1. The number of rotatable bonds is 14. The van der Waals surface area contributed by atoms with Crippen LogP contribution in [0.5, 0.6) is 0 Å². The van der Waals surface area contributed by atoms with Gasteiger partial charge >= 0.3 is 0 Å². The van der Waals surface area contributed by atoms with Gasteiger partial charge in [0.1, 0.15) is 0 Å². The lowest BCUT2D eigenvalue weighted by Crippen LogP contribution is -2.19. The maximum absolute atomic E-state index is 5.74. The Morgan fingerprint density at radius 1 is 0.909 bits per heavy atom. The second kappa shape index (κ2) is 14.1. The topological polar surface area (TPSA) is 9.23 Å². The third-order valence-corrected chi connectivity index (χ3v) is 4.04. The lowest BCUT2D eigenvalue weighted by Gasteiger charge is -2.19. The Labute approximate surface area is 140 Å². The van der Waals surface area contributed by atoms with Gasteiger partial charge in [0, 0.05) is 6.61 Å². The first-order chi connectivity index (χ1) is 10.5. The molecule has 1 unspecified atom stereocenters. The number of ether oxygens (including phenoxy) is 1. The molecule has 0 N–H and O–H groups in total. The van der Waals surface area contributed by atoms with Gasteiger partial charge in [-0.25, -0.2) is 0 Å². The van der Waals surface area contributed by atoms with E-state index in [4.69, 9.17) is 4.74 Å². The Bertz CT molecular complexity index is 281. The standard InChI is InChI=1S/C21H40O/c1-6-8-17-20(16-7-2)18-14-12-10-9-11-13-15-19-22-21(3,4)5/h16,20H,2,6,8-15,17-19H2,1,3-5H3. The maximum Gasteiger partial charge on any atom is 0.0598 e. The molecule has 0 saturated carbocycles. The molecule has 0 aromatic heterocycles. The van der Waals surface area contributed by atoms with Crippen LogP contribution in [0.2, 0.25) is 0 Å². The fraction of sp³-hybridized carbons (Fsp3) is 0.857. The van der Waals surface area contributed by atoms with Crippen molar-refractivity contribution in [2.24, 2.45) is 5.92 Å². The molecule has 0 bridgehead atoms. The van der Waals surface area contributed by atoms with Crippen LogP contribution < -0.4 is 0 Å². The zero-order chi connectivity index (χ0) is 16.7. The molecule has 1 heteroatoms. The normalized spacial score (nSPS) is 12.9. The molecule has 0 aromatic carbocycles. The number of hydrogen-bond donors (Lipinski definition) is 0. The van der Waals surface area contributed by atoms with E-state index in [0.717, 1.165) is 6.61 Å². The van der Waals surface area contributed by atoms with Crippen molar-refractivity contribution < 1.29 is 4.74 Å². The van der Waals surface area contributed by atoms with E-state index in [2.05, 4.69) is 46.1 Å². The summed E-state index contributed by atoms with van der Waals surface area (Å²) >= 11 is 0. The molecule has 0 aromatic rings. The van der Waals surface area contributed by atoms with E-state index in [1.807, 2.05) is 0 Å². The van der Waals surface area contributed by atoms with E-state index in [-0.39, 0.29) is 5.60 Å². The summed E-state index contributed by atoms with van der Waals surface area (Å²) in [4.78, 5) is 0. The lowest BCUT2D eigenvalue weighted by atomic mass is 9.95.